The Morgan fingerprint density at radius 2 is 1.32 bits per heavy atom. The van der Waals surface area contributed by atoms with Crippen molar-refractivity contribution in [3.63, 3.8) is 0 Å². The van der Waals surface area contributed by atoms with Gasteiger partial charge in [-0.1, -0.05) is 58.0 Å². The molecule has 0 bridgehead atoms. The fourth-order valence-electron chi connectivity index (χ4n) is 1.90. The second kappa shape index (κ2) is 7.91. The molecule has 0 saturated carbocycles. The molecule has 0 saturated heterocycles. The number of sulfone groups is 1. The van der Waals surface area contributed by atoms with Gasteiger partial charge in [0.15, 0.2) is 5.37 Å². The van der Waals surface area contributed by atoms with Crippen molar-refractivity contribution in [1.29, 1.82) is 0 Å². The number of rotatable bonds is 4. The molecule has 0 aliphatic heterocycles. The lowest BCUT2D eigenvalue weighted by atomic mass is 10.2. The van der Waals surface area contributed by atoms with Crippen molar-refractivity contribution >= 4 is 73.7 Å². The Labute approximate surface area is 169 Å². The summed E-state index contributed by atoms with van der Waals surface area (Å²) in [6.45, 7) is 0. The Morgan fingerprint density at radius 1 is 0.880 bits per heavy atom. The van der Waals surface area contributed by atoms with Gasteiger partial charge in [-0.2, -0.15) is 0 Å². The molecule has 25 heavy (non-hydrogen) atoms. The van der Waals surface area contributed by atoms with Crippen molar-refractivity contribution in [3.05, 3.63) is 64.1 Å². The molecule has 4 nitrogen and oxygen atoms in total. The lowest BCUT2D eigenvalue weighted by Crippen LogP contribution is -2.49. The molecule has 0 aliphatic rings. The maximum absolute atomic E-state index is 12.8. The maximum atomic E-state index is 12.8. The molecule has 2 aromatic rings. The Morgan fingerprint density at radius 3 is 1.76 bits per heavy atom. The number of carbonyl (C=O) groups excluding carboxylic acids is 1. The molecule has 10 heteroatoms. The van der Waals surface area contributed by atoms with Crippen LogP contribution in [-0.2, 0) is 9.84 Å². The Hall–Kier alpha value is -0.690. The molecular formula is C15H10Cl5NO3S. The van der Waals surface area contributed by atoms with E-state index in [-0.39, 0.29) is 10.5 Å². The third-order valence-electron chi connectivity index (χ3n) is 3.12. The number of halogens is 5. The second-order valence-corrected chi connectivity index (χ2v) is 10.2. The number of hydrogen-bond acceptors (Lipinski definition) is 3. The molecule has 1 amide bonds. The predicted molar refractivity (Wildman–Crippen MR) is 102 cm³/mol. The zero-order chi connectivity index (χ0) is 18.8. The van der Waals surface area contributed by atoms with Crippen molar-refractivity contribution in [2.45, 2.75) is 14.1 Å². The fraction of sp³-hybridized carbons (Fsp3) is 0.133. The Balaban J connectivity index is 2.38. The summed E-state index contributed by atoms with van der Waals surface area (Å²) >= 11 is 28.9. The number of nitrogens with one attached hydrogen (secondary N) is 1. The SMILES string of the molecule is O=C(NC(C(Cl)(Cl)Cl)S(=O)(=O)c1ccc(Cl)cc1)c1ccc(Cl)cc1. The van der Waals surface area contributed by atoms with Gasteiger partial charge >= 0.3 is 0 Å². The molecule has 2 rings (SSSR count). The van der Waals surface area contributed by atoms with E-state index in [2.05, 4.69) is 5.32 Å². The highest BCUT2D eigenvalue weighted by Gasteiger charge is 2.44. The highest BCUT2D eigenvalue weighted by atomic mass is 35.6. The van der Waals surface area contributed by atoms with E-state index in [9.17, 15) is 13.2 Å². The van der Waals surface area contributed by atoms with Crippen LogP contribution in [0.15, 0.2) is 53.4 Å². The van der Waals surface area contributed by atoms with Gasteiger partial charge in [-0.05, 0) is 48.5 Å². The number of carbonyl (C=O) groups is 1. The summed E-state index contributed by atoms with van der Waals surface area (Å²) in [6, 6.07) is 11.1. The lowest BCUT2D eigenvalue weighted by molar-refractivity contribution is 0.0948. The van der Waals surface area contributed by atoms with Crippen molar-refractivity contribution < 1.29 is 13.2 Å². The van der Waals surface area contributed by atoms with Crippen LogP contribution in [0, 0.1) is 0 Å². The van der Waals surface area contributed by atoms with Gasteiger partial charge in [0.1, 0.15) is 0 Å². The first kappa shape index (κ1) is 20.6. The largest absolute Gasteiger partial charge is 0.332 e. The molecule has 0 spiro atoms. The third kappa shape index (κ3) is 5.16. The third-order valence-corrected chi connectivity index (χ3v) is 6.69. The molecule has 0 aliphatic carbocycles. The van der Waals surface area contributed by atoms with Crippen LogP contribution in [0.5, 0.6) is 0 Å². The van der Waals surface area contributed by atoms with Crippen LogP contribution in [-0.4, -0.2) is 23.5 Å². The van der Waals surface area contributed by atoms with Crippen LogP contribution in [0.4, 0.5) is 0 Å². The molecule has 1 atom stereocenters. The molecule has 0 fully saturated rings. The van der Waals surface area contributed by atoms with Crippen LogP contribution in [0.2, 0.25) is 10.0 Å². The molecule has 1 N–H and O–H groups in total. The summed E-state index contributed by atoms with van der Waals surface area (Å²) < 4.78 is 23.3. The summed E-state index contributed by atoms with van der Waals surface area (Å²) in [5, 5.41) is 1.20. The van der Waals surface area contributed by atoms with Gasteiger partial charge in [0, 0.05) is 15.6 Å². The van der Waals surface area contributed by atoms with E-state index in [0.717, 1.165) is 0 Å². The van der Waals surface area contributed by atoms with Crippen LogP contribution in [0.3, 0.4) is 0 Å². The topological polar surface area (TPSA) is 63.2 Å². The summed E-state index contributed by atoms with van der Waals surface area (Å²) in [5.74, 6) is -0.731. The quantitative estimate of drug-likeness (QED) is 0.659. The van der Waals surface area contributed by atoms with E-state index >= 15 is 0 Å². The first-order valence-corrected chi connectivity index (χ1v) is 10.1. The molecule has 0 heterocycles. The Bertz CT molecular complexity index is 862. The normalized spacial score (nSPS) is 13.3. The van der Waals surface area contributed by atoms with Crippen molar-refractivity contribution in [3.8, 4) is 0 Å². The first-order valence-electron chi connectivity index (χ1n) is 6.64. The van der Waals surface area contributed by atoms with Crippen molar-refractivity contribution in [2.75, 3.05) is 0 Å². The first-order chi connectivity index (χ1) is 11.5. The van der Waals surface area contributed by atoms with E-state index < -0.39 is 24.9 Å². The highest BCUT2D eigenvalue weighted by Crippen LogP contribution is 2.36. The molecule has 1 unspecified atom stereocenters. The number of alkyl halides is 3. The zero-order valence-electron chi connectivity index (χ0n) is 12.2. The number of amides is 1. The Kier molecular flexibility index (Phi) is 6.52. The van der Waals surface area contributed by atoms with Gasteiger partial charge in [0.25, 0.3) is 5.91 Å². The minimum Gasteiger partial charge on any atom is -0.332 e. The van der Waals surface area contributed by atoms with Crippen LogP contribution in [0.1, 0.15) is 10.4 Å². The van der Waals surface area contributed by atoms with Gasteiger partial charge in [-0.15, -0.1) is 0 Å². The lowest BCUT2D eigenvalue weighted by Gasteiger charge is -2.25. The zero-order valence-corrected chi connectivity index (χ0v) is 16.8. The molecule has 0 radical (unpaired) electrons. The highest BCUT2D eigenvalue weighted by molar-refractivity contribution is 7.92. The minimum absolute atomic E-state index is 0.148. The average molecular weight is 462 g/mol. The van der Waals surface area contributed by atoms with Crippen LogP contribution >= 0.6 is 58.0 Å². The van der Waals surface area contributed by atoms with E-state index in [1.807, 2.05) is 0 Å². The predicted octanol–water partition coefficient (Wildman–Crippen LogP) is 4.89. The maximum Gasteiger partial charge on any atom is 0.252 e. The summed E-state index contributed by atoms with van der Waals surface area (Å²) in [7, 11) is -4.20. The number of hydrogen-bond donors (Lipinski definition) is 1. The average Bonchev–Trinajstić information content (AvgIpc) is 2.52. The standard InChI is InChI=1S/C15H10Cl5NO3S/c16-10-3-1-9(2-4-10)13(22)21-14(15(18,19)20)25(23,24)12-7-5-11(17)6-8-12/h1-8,14H,(H,21,22). The second-order valence-electron chi connectivity index (χ2n) is 4.90. The van der Waals surface area contributed by atoms with Gasteiger partial charge in [-0.25, -0.2) is 8.42 Å². The van der Waals surface area contributed by atoms with Gasteiger partial charge in [0.05, 0.1) is 4.90 Å². The molecular weight excluding hydrogens is 452 g/mol. The number of benzene rings is 2. The van der Waals surface area contributed by atoms with Crippen LogP contribution < -0.4 is 5.32 Å². The summed E-state index contributed by atoms with van der Waals surface area (Å²) in [5.41, 5.74) is 0.162. The molecule has 134 valence electrons. The molecule has 0 aromatic heterocycles. The van der Waals surface area contributed by atoms with Crippen LogP contribution in [0.25, 0.3) is 0 Å². The van der Waals surface area contributed by atoms with E-state index in [0.29, 0.717) is 10.0 Å². The van der Waals surface area contributed by atoms with Gasteiger partial charge < -0.3 is 5.32 Å². The van der Waals surface area contributed by atoms with E-state index in [1.54, 1.807) is 0 Å². The minimum atomic E-state index is -4.20. The van der Waals surface area contributed by atoms with Crippen molar-refractivity contribution in [1.82, 2.24) is 5.32 Å². The van der Waals surface area contributed by atoms with Gasteiger partial charge in [-0.3, -0.25) is 4.79 Å². The fourth-order valence-corrected chi connectivity index (χ4v) is 4.77. The molecule has 2 aromatic carbocycles. The smallest absolute Gasteiger partial charge is 0.252 e. The van der Waals surface area contributed by atoms with Gasteiger partial charge in [0.2, 0.25) is 13.6 Å². The van der Waals surface area contributed by atoms with E-state index in [1.165, 1.54) is 48.5 Å². The van der Waals surface area contributed by atoms with E-state index in [4.69, 9.17) is 58.0 Å². The van der Waals surface area contributed by atoms with Crippen molar-refractivity contribution in [2.24, 2.45) is 0 Å². The summed E-state index contributed by atoms with van der Waals surface area (Å²) in [4.78, 5) is 12.2. The monoisotopic (exact) mass is 459 g/mol. The summed E-state index contributed by atoms with van der Waals surface area (Å²) in [6.07, 6.45) is 0.